The van der Waals surface area contributed by atoms with Crippen LogP contribution in [0.3, 0.4) is 0 Å². The second-order valence-electron chi connectivity index (χ2n) is 5.31. The van der Waals surface area contributed by atoms with Crippen molar-refractivity contribution in [3.05, 3.63) is 53.3 Å². The van der Waals surface area contributed by atoms with Crippen LogP contribution in [0, 0.1) is 5.82 Å². The summed E-state index contributed by atoms with van der Waals surface area (Å²) in [5.41, 5.74) is 1.15. The van der Waals surface area contributed by atoms with E-state index in [0.717, 1.165) is 6.42 Å². The van der Waals surface area contributed by atoms with Crippen molar-refractivity contribution in [3.63, 3.8) is 0 Å². The highest BCUT2D eigenvalue weighted by molar-refractivity contribution is 6.31. The summed E-state index contributed by atoms with van der Waals surface area (Å²) >= 11 is 6.04. The topological polar surface area (TPSA) is 41.6 Å². The van der Waals surface area contributed by atoms with E-state index in [1.54, 1.807) is 23.1 Å². The Morgan fingerprint density at radius 1 is 1.35 bits per heavy atom. The number of rotatable bonds is 2. The molecule has 4 nitrogen and oxygen atoms in total. The van der Waals surface area contributed by atoms with Crippen molar-refractivity contribution in [2.45, 2.75) is 19.4 Å². The zero-order chi connectivity index (χ0) is 16.4. The van der Waals surface area contributed by atoms with Crippen molar-refractivity contribution in [1.82, 2.24) is 0 Å². The summed E-state index contributed by atoms with van der Waals surface area (Å²) in [6, 6.07) is 10.5. The van der Waals surface area contributed by atoms with Gasteiger partial charge in [0.2, 0.25) is 0 Å². The third kappa shape index (κ3) is 3.40. The molecule has 3 rings (SSSR count). The minimum Gasteiger partial charge on any atom is -0.486 e. The number of hydrogen-bond donors (Lipinski definition) is 1. The first-order chi connectivity index (χ1) is 11.1. The maximum absolute atomic E-state index is 13.0. The van der Waals surface area contributed by atoms with Gasteiger partial charge in [-0.1, -0.05) is 18.5 Å². The Bertz CT molecular complexity index is 721. The van der Waals surface area contributed by atoms with E-state index in [0.29, 0.717) is 28.7 Å². The van der Waals surface area contributed by atoms with Gasteiger partial charge < -0.3 is 10.1 Å². The van der Waals surface area contributed by atoms with E-state index in [1.165, 1.54) is 24.3 Å². The van der Waals surface area contributed by atoms with Crippen LogP contribution in [0.2, 0.25) is 5.02 Å². The van der Waals surface area contributed by atoms with Crippen LogP contribution in [0.1, 0.15) is 13.3 Å². The molecule has 2 aromatic carbocycles. The number of amides is 2. The first kappa shape index (κ1) is 15.6. The van der Waals surface area contributed by atoms with Crippen LogP contribution in [0.15, 0.2) is 42.5 Å². The van der Waals surface area contributed by atoms with Crippen LogP contribution < -0.4 is 15.0 Å². The second-order valence-corrected chi connectivity index (χ2v) is 5.74. The number of nitrogens with one attached hydrogen (secondary N) is 1. The summed E-state index contributed by atoms with van der Waals surface area (Å²) in [5, 5.41) is 3.30. The lowest BCUT2D eigenvalue weighted by Gasteiger charge is -2.34. The minimum absolute atomic E-state index is 0.0809. The Labute approximate surface area is 138 Å². The van der Waals surface area contributed by atoms with E-state index < -0.39 is 0 Å². The number of benzene rings is 2. The molecule has 0 saturated heterocycles. The Kier molecular flexibility index (Phi) is 4.39. The lowest BCUT2D eigenvalue weighted by atomic mass is 10.1. The molecule has 0 spiro atoms. The van der Waals surface area contributed by atoms with Crippen LogP contribution in [0.25, 0.3) is 0 Å². The van der Waals surface area contributed by atoms with Crippen molar-refractivity contribution in [3.8, 4) is 5.75 Å². The quantitative estimate of drug-likeness (QED) is 0.865. The van der Waals surface area contributed by atoms with Crippen molar-refractivity contribution < 1.29 is 13.9 Å². The number of carbonyl (C=O) groups is 1. The Morgan fingerprint density at radius 3 is 2.78 bits per heavy atom. The van der Waals surface area contributed by atoms with Gasteiger partial charge in [0.15, 0.2) is 0 Å². The van der Waals surface area contributed by atoms with Crippen molar-refractivity contribution >= 4 is 29.0 Å². The summed E-state index contributed by atoms with van der Waals surface area (Å²) in [6.45, 7) is 2.43. The van der Waals surface area contributed by atoms with Crippen molar-refractivity contribution in [2.24, 2.45) is 0 Å². The fraction of sp³-hybridized carbons (Fsp3) is 0.235. The fourth-order valence-corrected chi connectivity index (χ4v) is 2.62. The average molecular weight is 335 g/mol. The summed E-state index contributed by atoms with van der Waals surface area (Å²) < 4.78 is 18.8. The number of urea groups is 1. The third-order valence-electron chi connectivity index (χ3n) is 3.69. The Balaban J connectivity index is 1.87. The first-order valence-electron chi connectivity index (χ1n) is 7.37. The molecule has 2 aromatic rings. The molecule has 0 radical (unpaired) electrons. The monoisotopic (exact) mass is 334 g/mol. The van der Waals surface area contributed by atoms with E-state index in [1.807, 2.05) is 6.92 Å². The van der Waals surface area contributed by atoms with Gasteiger partial charge in [-0.3, -0.25) is 4.90 Å². The van der Waals surface area contributed by atoms with Gasteiger partial charge >= 0.3 is 6.03 Å². The van der Waals surface area contributed by atoms with Crippen LogP contribution in [-0.4, -0.2) is 18.7 Å². The highest BCUT2D eigenvalue weighted by Crippen LogP contribution is 2.36. The SMILES string of the molecule is CC[C@H]1CN(C(=O)Nc2ccc(F)cc2)c2cc(Cl)ccc2O1. The number of nitrogens with zero attached hydrogens (tertiary/aromatic N) is 1. The molecule has 1 aliphatic heterocycles. The van der Waals surface area contributed by atoms with Crippen molar-refractivity contribution in [2.75, 3.05) is 16.8 Å². The lowest BCUT2D eigenvalue weighted by molar-refractivity contribution is 0.188. The zero-order valence-corrected chi connectivity index (χ0v) is 13.3. The summed E-state index contributed by atoms with van der Waals surface area (Å²) in [5.74, 6) is 0.277. The van der Waals surface area contributed by atoms with Gasteiger partial charge in [-0.25, -0.2) is 9.18 Å². The molecule has 1 atom stereocenters. The van der Waals surface area contributed by atoms with Gasteiger partial charge in [-0.15, -0.1) is 0 Å². The average Bonchev–Trinajstić information content (AvgIpc) is 2.56. The van der Waals surface area contributed by atoms with Crippen LogP contribution in [0.5, 0.6) is 5.75 Å². The molecule has 0 aromatic heterocycles. The van der Waals surface area contributed by atoms with Crippen LogP contribution in [0.4, 0.5) is 20.6 Å². The number of ether oxygens (including phenoxy) is 1. The predicted molar refractivity (Wildman–Crippen MR) is 88.9 cm³/mol. The molecule has 1 heterocycles. The highest BCUT2D eigenvalue weighted by Gasteiger charge is 2.29. The minimum atomic E-state index is -0.349. The number of halogens is 2. The van der Waals surface area contributed by atoms with Crippen LogP contribution >= 0.6 is 11.6 Å². The van der Waals surface area contributed by atoms with Gasteiger partial charge in [0.25, 0.3) is 0 Å². The second kappa shape index (κ2) is 6.46. The number of carbonyl (C=O) groups excluding carboxylic acids is 1. The molecule has 23 heavy (non-hydrogen) atoms. The molecule has 120 valence electrons. The number of hydrogen-bond acceptors (Lipinski definition) is 2. The predicted octanol–water partition coefficient (Wildman–Crippen LogP) is 4.69. The number of anilines is 2. The standard InChI is InChI=1S/C17H16ClFN2O2/c1-2-14-10-21(15-9-11(18)3-8-16(15)23-14)17(22)20-13-6-4-12(19)5-7-13/h3-9,14H,2,10H2,1H3,(H,20,22)/t14-/m0/s1. The lowest BCUT2D eigenvalue weighted by Crippen LogP contribution is -2.45. The molecule has 6 heteroatoms. The molecular formula is C17H16ClFN2O2. The Morgan fingerprint density at radius 2 is 2.09 bits per heavy atom. The van der Waals surface area contributed by atoms with Gasteiger partial charge in [0.05, 0.1) is 12.2 Å². The molecule has 2 amide bonds. The number of fused-ring (bicyclic) bond motifs is 1. The van der Waals surface area contributed by atoms with E-state index >= 15 is 0 Å². The Hall–Kier alpha value is -2.27. The molecule has 0 fully saturated rings. The van der Waals surface area contributed by atoms with E-state index in [-0.39, 0.29) is 18.0 Å². The van der Waals surface area contributed by atoms with Gasteiger partial charge in [-0.2, -0.15) is 0 Å². The smallest absolute Gasteiger partial charge is 0.326 e. The van der Waals surface area contributed by atoms with Gasteiger partial charge in [0.1, 0.15) is 17.7 Å². The summed E-state index contributed by atoms with van der Waals surface area (Å²) in [4.78, 5) is 14.2. The van der Waals surface area contributed by atoms with E-state index in [9.17, 15) is 9.18 Å². The molecule has 0 aliphatic carbocycles. The van der Waals surface area contributed by atoms with Gasteiger partial charge in [-0.05, 0) is 48.9 Å². The molecule has 0 saturated carbocycles. The first-order valence-corrected chi connectivity index (χ1v) is 7.75. The third-order valence-corrected chi connectivity index (χ3v) is 3.92. The largest absolute Gasteiger partial charge is 0.486 e. The summed E-state index contributed by atoms with van der Waals surface area (Å²) in [6.07, 6.45) is 0.699. The van der Waals surface area contributed by atoms with E-state index in [2.05, 4.69) is 5.32 Å². The molecular weight excluding hydrogens is 319 g/mol. The van der Waals surface area contributed by atoms with Crippen molar-refractivity contribution in [1.29, 1.82) is 0 Å². The molecule has 1 N–H and O–H groups in total. The maximum atomic E-state index is 13.0. The normalized spacial score (nSPS) is 16.5. The molecule has 0 bridgehead atoms. The van der Waals surface area contributed by atoms with E-state index in [4.69, 9.17) is 16.3 Å². The zero-order valence-electron chi connectivity index (χ0n) is 12.6. The molecule has 0 unspecified atom stereocenters. The highest BCUT2D eigenvalue weighted by atomic mass is 35.5. The fourth-order valence-electron chi connectivity index (χ4n) is 2.45. The summed E-state index contributed by atoms with van der Waals surface area (Å²) in [7, 11) is 0. The van der Waals surface area contributed by atoms with Crippen LogP contribution in [-0.2, 0) is 0 Å². The molecule has 1 aliphatic rings. The maximum Gasteiger partial charge on any atom is 0.326 e. The van der Waals surface area contributed by atoms with Gasteiger partial charge in [0, 0.05) is 10.7 Å².